The van der Waals surface area contributed by atoms with Crippen LogP contribution in [0.4, 0.5) is 17.1 Å². The highest BCUT2D eigenvalue weighted by Crippen LogP contribution is 2.31. The van der Waals surface area contributed by atoms with Gasteiger partial charge in [0.1, 0.15) is 0 Å². The van der Waals surface area contributed by atoms with Gasteiger partial charge in [-0.3, -0.25) is 4.79 Å². The number of azo groups is 1. The first-order valence-corrected chi connectivity index (χ1v) is 8.58. The predicted octanol–water partition coefficient (Wildman–Crippen LogP) is 5.47. The number of nitrogens with zero attached hydrogens (tertiary/aromatic N) is 3. The predicted molar refractivity (Wildman–Crippen MR) is 97.9 cm³/mol. The monoisotopic (exact) mass is 321 g/mol. The fourth-order valence-electron chi connectivity index (χ4n) is 3.10. The summed E-state index contributed by atoms with van der Waals surface area (Å²) in [6.45, 7) is 6.03. The molecule has 0 N–H and O–H groups in total. The van der Waals surface area contributed by atoms with Crippen LogP contribution in [0.25, 0.3) is 0 Å². The van der Waals surface area contributed by atoms with E-state index in [0.29, 0.717) is 5.56 Å². The van der Waals surface area contributed by atoms with Crippen molar-refractivity contribution in [3.05, 3.63) is 53.6 Å². The zero-order valence-electron chi connectivity index (χ0n) is 14.3. The summed E-state index contributed by atoms with van der Waals surface area (Å²) in [5.74, 6) is 0.0600. The number of carbonyl (C=O) groups excluding carboxylic acids is 1. The molecule has 1 heterocycles. The summed E-state index contributed by atoms with van der Waals surface area (Å²) in [6.07, 6.45) is 3.46. The number of rotatable bonds is 5. The molecule has 0 unspecified atom stereocenters. The van der Waals surface area contributed by atoms with Crippen molar-refractivity contribution in [3.8, 4) is 0 Å². The van der Waals surface area contributed by atoms with E-state index in [1.165, 1.54) is 17.7 Å². The van der Waals surface area contributed by atoms with Crippen molar-refractivity contribution in [2.24, 2.45) is 10.2 Å². The van der Waals surface area contributed by atoms with Gasteiger partial charge in [0.25, 0.3) is 0 Å². The van der Waals surface area contributed by atoms with Crippen molar-refractivity contribution >= 4 is 22.8 Å². The molecule has 0 atom stereocenters. The van der Waals surface area contributed by atoms with E-state index in [1.807, 2.05) is 18.2 Å². The van der Waals surface area contributed by atoms with Crippen molar-refractivity contribution in [2.75, 3.05) is 18.0 Å². The highest BCUT2D eigenvalue weighted by molar-refractivity contribution is 5.94. The number of aryl methyl sites for hydroxylation is 1. The Hall–Kier alpha value is -2.49. The summed E-state index contributed by atoms with van der Waals surface area (Å²) in [5.41, 5.74) is 5.03. The molecule has 0 amide bonds. The number of anilines is 1. The Morgan fingerprint density at radius 3 is 2.50 bits per heavy atom. The molecule has 0 bridgehead atoms. The van der Waals surface area contributed by atoms with Crippen LogP contribution < -0.4 is 4.90 Å². The Balaban J connectivity index is 1.77. The molecule has 1 aliphatic heterocycles. The lowest BCUT2D eigenvalue weighted by Gasteiger charge is -2.31. The molecule has 0 aliphatic carbocycles. The van der Waals surface area contributed by atoms with Gasteiger partial charge < -0.3 is 4.90 Å². The fourth-order valence-corrected chi connectivity index (χ4v) is 3.10. The Kier molecular flexibility index (Phi) is 5.04. The molecule has 1 aliphatic rings. The van der Waals surface area contributed by atoms with Gasteiger partial charge in [-0.1, -0.05) is 6.92 Å². The summed E-state index contributed by atoms with van der Waals surface area (Å²) >= 11 is 0. The highest BCUT2D eigenvalue weighted by Gasteiger charge is 2.16. The maximum Gasteiger partial charge on any atom is 0.159 e. The zero-order chi connectivity index (χ0) is 16.9. The number of fused-ring (bicyclic) bond motifs is 1. The summed E-state index contributed by atoms with van der Waals surface area (Å²) < 4.78 is 0. The minimum absolute atomic E-state index is 0.0600. The van der Waals surface area contributed by atoms with Crippen LogP contribution in [0.5, 0.6) is 0 Å². The third-order valence-corrected chi connectivity index (χ3v) is 4.33. The molecule has 0 radical (unpaired) electrons. The molecule has 3 rings (SSSR count). The smallest absolute Gasteiger partial charge is 0.159 e. The normalized spacial score (nSPS) is 14.0. The average molecular weight is 321 g/mol. The minimum Gasteiger partial charge on any atom is -0.371 e. The molecule has 0 saturated carbocycles. The maximum atomic E-state index is 11.3. The number of carbonyl (C=O) groups is 1. The lowest BCUT2D eigenvalue weighted by molar-refractivity contribution is 0.101. The Bertz CT molecular complexity index is 750. The molecular weight excluding hydrogens is 298 g/mol. The minimum atomic E-state index is 0.0600. The van der Waals surface area contributed by atoms with Crippen LogP contribution >= 0.6 is 0 Å². The third-order valence-electron chi connectivity index (χ3n) is 4.33. The van der Waals surface area contributed by atoms with Crippen LogP contribution in [0.1, 0.15) is 42.6 Å². The summed E-state index contributed by atoms with van der Waals surface area (Å²) in [7, 11) is 0. The maximum absolute atomic E-state index is 11.3. The number of benzene rings is 2. The summed E-state index contributed by atoms with van der Waals surface area (Å²) in [4.78, 5) is 13.7. The second-order valence-corrected chi connectivity index (χ2v) is 6.21. The van der Waals surface area contributed by atoms with Crippen LogP contribution in [0.3, 0.4) is 0 Å². The second-order valence-electron chi connectivity index (χ2n) is 6.21. The van der Waals surface area contributed by atoms with Crippen molar-refractivity contribution in [1.29, 1.82) is 0 Å². The molecule has 0 saturated heterocycles. The first-order valence-electron chi connectivity index (χ1n) is 8.58. The van der Waals surface area contributed by atoms with E-state index < -0.39 is 0 Å². The lowest BCUT2D eigenvalue weighted by atomic mass is 10.0. The van der Waals surface area contributed by atoms with Crippen molar-refractivity contribution < 1.29 is 4.79 Å². The first kappa shape index (κ1) is 16.4. The number of hydrogen-bond donors (Lipinski definition) is 0. The van der Waals surface area contributed by atoms with E-state index in [-0.39, 0.29) is 5.78 Å². The highest BCUT2D eigenvalue weighted by atomic mass is 16.1. The van der Waals surface area contributed by atoms with Gasteiger partial charge in [0, 0.05) is 24.3 Å². The van der Waals surface area contributed by atoms with Gasteiger partial charge in [-0.15, -0.1) is 0 Å². The van der Waals surface area contributed by atoms with E-state index in [2.05, 4.69) is 34.2 Å². The Morgan fingerprint density at radius 2 is 1.79 bits per heavy atom. The molecule has 0 aromatic heterocycles. The van der Waals surface area contributed by atoms with Gasteiger partial charge in [0.2, 0.25) is 0 Å². The summed E-state index contributed by atoms with van der Waals surface area (Å²) in [5, 5.41) is 8.63. The molecule has 24 heavy (non-hydrogen) atoms. The standard InChI is InChI=1S/C20H23N3O/c1-3-12-23-13-4-5-17-14-19(10-11-20(17)23)22-21-18-8-6-16(7-9-18)15(2)24/h6-11,14H,3-5,12-13H2,1-2H3. The fraction of sp³-hybridized carbons (Fsp3) is 0.350. The van der Waals surface area contributed by atoms with E-state index >= 15 is 0 Å². The van der Waals surface area contributed by atoms with Crippen LogP contribution in [0.2, 0.25) is 0 Å². The quantitative estimate of drug-likeness (QED) is 0.541. The van der Waals surface area contributed by atoms with Crippen LogP contribution in [0, 0.1) is 0 Å². The zero-order valence-corrected chi connectivity index (χ0v) is 14.3. The number of ketones is 1. The first-order chi connectivity index (χ1) is 11.7. The van der Waals surface area contributed by atoms with E-state index in [9.17, 15) is 4.79 Å². The van der Waals surface area contributed by atoms with Crippen LogP contribution in [-0.4, -0.2) is 18.9 Å². The molecular formula is C20H23N3O. The van der Waals surface area contributed by atoms with Gasteiger partial charge in [0.05, 0.1) is 11.4 Å². The van der Waals surface area contributed by atoms with Gasteiger partial charge in [0.15, 0.2) is 5.78 Å². The Morgan fingerprint density at radius 1 is 1.08 bits per heavy atom. The van der Waals surface area contributed by atoms with Crippen molar-refractivity contribution in [2.45, 2.75) is 33.1 Å². The van der Waals surface area contributed by atoms with Crippen molar-refractivity contribution in [1.82, 2.24) is 0 Å². The largest absolute Gasteiger partial charge is 0.371 e. The molecule has 2 aromatic rings. The molecule has 0 fully saturated rings. The van der Waals surface area contributed by atoms with Gasteiger partial charge in [-0.25, -0.2) is 0 Å². The van der Waals surface area contributed by atoms with E-state index in [0.717, 1.165) is 37.3 Å². The topological polar surface area (TPSA) is 45.0 Å². The van der Waals surface area contributed by atoms with Crippen molar-refractivity contribution in [3.63, 3.8) is 0 Å². The molecule has 124 valence electrons. The lowest BCUT2D eigenvalue weighted by Crippen LogP contribution is -2.29. The number of hydrogen-bond acceptors (Lipinski definition) is 4. The van der Waals surface area contributed by atoms with Gasteiger partial charge in [-0.2, -0.15) is 10.2 Å². The number of Topliss-reactive ketones (excluding diaryl/α,β-unsaturated/α-hetero) is 1. The van der Waals surface area contributed by atoms with E-state index in [4.69, 9.17) is 0 Å². The van der Waals surface area contributed by atoms with E-state index in [1.54, 1.807) is 19.1 Å². The van der Waals surface area contributed by atoms with Crippen LogP contribution in [-0.2, 0) is 6.42 Å². The average Bonchev–Trinajstić information content (AvgIpc) is 2.60. The second kappa shape index (κ2) is 7.39. The summed E-state index contributed by atoms with van der Waals surface area (Å²) in [6, 6.07) is 13.5. The SMILES string of the molecule is CCCN1CCCc2cc(N=Nc3ccc(C(C)=O)cc3)ccc21. The van der Waals surface area contributed by atoms with Crippen LogP contribution in [0.15, 0.2) is 52.7 Å². The van der Waals surface area contributed by atoms with Gasteiger partial charge >= 0.3 is 0 Å². The molecule has 4 heteroatoms. The molecule has 2 aromatic carbocycles. The molecule has 4 nitrogen and oxygen atoms in total. The molecule has 0 spiro atoms. The van der Waals surface area contributed by atoms with Gasteiger partial charge in [-0.05, 0) is 74.2 Å². The third kappa shape index (κ3) is 3.70. The Labute approximate surface area is 143 Å².